The summed E-state index contributed by atoms with van der Waals surface area (Å²) in [6, 6.07) is 9.06. The number of para-hydroxylation sites is 1. The number of aromatic nitrogens is 1. The van der Waals surface area contributed by atoms with E-state index >= 15 is 0 Å². The van der Waals surface area contributed by atoms with Crippen LogP contribution in [0.15, 0.2) is 24.3 Å². The van der Waals surface area contributed by atoms with Gasteiger partial charge in [0, 0.05) is 12.5 Å². The van der Waals surface area contributed by atoms with E-state index in [1.807, 2.05) is 11.3 Å². The first-order valence-corrected chi connectivity index (χ1v) is 7.23. The Balaban J connectivity index is 1.75. The molecule has 1 saturated heterocycles. The largest absolute Gasteiger partial charge is 0.300 e. The van der Waals surface area contributed by atoms with Crippen LogP contribution in [-0.2, 0) is 6.42 Å². The lowest BCUT2D eigenvalue weighted by Crippen LogP contribution is -2.31. The molecule has 0 saturated carbocycles. The van der Waals surface area contributed by atoms with Crippen LogP contribution in [0.1, 0.15) is 24.8 Å². The summed E-state index contributed by atoms with van der Waals surface area (Å²) in [6.07, 6.45) is 3.83. The maximum atomic E-state index is 4.72. The molecule has 0 amide bonds. The van der Waals surface area contributed by atoms with Crippen LogP contribution in [0.3, 0.4) is 0 Å². The van der Waals surface area contributed by atoms with Crippen molar-refractivity contribution in [3.8, 4) is 0 Å². The van der Waals surface area contributed by atoms with E-state index < -0.39 is 0 Å². The summed E-state index contributed by atoms with van der Waals surface area (Å²) in [5, 5.41) is 1.28. The molecule has 3 heteroatoms. The monoisotopic (exact) mass is 246 g/mol. The minimum absolute atomic E-state index is 0.637. The Morgan fingerprint density at radius 1 is 1.29 bits per heavy atom. The second kappa shape index (κ2) is 4.75. The zero-order valence-electron chi connectivity index (χ0n) is 10.2. The van der Waals surface area contributed by atoms with Crippen LogP contribution in [0.2, 0.25) is 0 Å². The molecule has 90 valence electrons. The molecular weight excluding hydrogens is 228 g/mol. The summed E-state index contributed by atoms with van der Waals surface area (Å²) in [4.78, 5) is 7.31. The van der Waals surface area contributed by atoms with Gasteiger partial charge in [-0.25, -0.2) is 4.98 Å². The molecule has 0 bridgehead atoms. The van der Waals surface area contributed by atoms with E-state index in [2.05, 4.69) is 36.1 Å². The first-order valence-electron chi connectivity index (χ1n) is 6.41. The van der Waals surface area contributed by atoms with E-state index in [9.17, 15) is 0 Å². The van der Waals surface area contributed by atoms with E-state index in [0.29, 0.717) is 6.04 Å². The van der Waals surface area contributed by atoms with Crippen molar-refractivity contribution in [3.63, 3.8) is 0 Å². The minimum Gasteiger partial charge on any atom is -0.300 e. The number of likely N-dealkylation sites (tertiary alicyclic amines) is 1. The van der Waals surface area contributed by atoms with Gasteiger partial charge < -0.3 is 4.90 Å². The van der Waals surface area contributed by atoms with Crippen LogP contribution in [0.5, 0.6) is 0 Å². The van der Waals surface area contributed by atoms with Crippen LogP contribution in [0.4, 0.5) is 0 Å². The van der Waals surface area contributed by atoms with E-state index in [1.54, 1.807) is 0 Å². The normalized spacial score (nSPS) is 18.9. The van der Waals surface area contributed by atoms with Gasteiger partial charge in [-0.05, 0) is 45.0 Å². The smallest absolute Gasteiger partial charge is 0.0954 e. The summed E-state index contributed by atoms with van der Waals surface area (Å²) in [6.45, 7) is 4.87. The quantitative estimate of drug-likeness (QED) is 0.826. The number of fused-ring (bicyclic) bond motifs is 1. The van der Waals surface area contributed by atoms with Gasteiger partial charge in [-0.15, -0.1) is 11.3 Å². The number of rotatable bonds is 3. The fourth-order valence-corrected chi connectivity index (χ4v) is 3.66. The summed E-state index contributed by atoms with van der Waals surface area (Å²) in [7, 11) is 0. The first kappa shape index (κ1) is 11.2. The number of benzene rings is 1. The molecule has 0 N–H and O–H groups in total. The lowest BCUT2D eigenvalue weighted by Gasteiger charge is -2.22. The molecule has 17 heavy (non-hydrogen) atoms. The third-order valence-electron chi connectivity index (χ3n) is 3.57. The predicted octanol–water partition coefficient (Wildman–Crippen LogP) is 3.32. The van der Waals surface area contributed by atoms with Crippen LogP contribution < -0.4 is 0 Å². The lowest BCUT2D eigenvalue weighted by atomic mass is 10.2. The van der Waals surface area contributed by atoms with Gasteiger partial charge in [0.25, 0.3) is 0 Å². The van der Waals surface area contributed by atoms with Crippen LogP contribution in [0, 0.1) is 0 Å². The van der Waals surface area contributed by atoms with E-state index in [4.69, 9.17) is 4.98 Å². The molecule has 1 fully saturated rings. The molecule has 1 aromatic heterocycles. The van der Waals surface area contributed by atoms with Crippen LogP contribution in [0.25, 0.3) is 10.2 Å². The standard InChI is InChI=1S/C14H18N2S/c1-11(16-8-4-5-9-16)10-14-15-12-6-2-3-7-13(12)17-14/h2-3,6-7,11H,4-5,8-10H2,1H3. The van der Waals surface area contributed by atoms with Gasteiger partial charge in [-0.2, -0.15) is 0 Å². The molecular formula is C14H18N2S. The van der Waals surface area contributed by atoms with Gasteiger partial charge in [-0.3, -0.25) is 0 Å². The highest BCUT2D eigenvalue weighted by Gasteiger charge is 2.19. The molecule has 2 nitrogen and oxygen atoms in total. The van der Waals surface area contributed by atoms with Gasteiger partial charge in [0.05, 0.1) is 15.2 Å². The Bertz CT molecular complexity index is 467. The summed E-state index contributed by atoms with van der Waals surface area (Å²) in [5.74, 6) is 0. The number of nitrogens with zero attached hydrogens (tertiary/aromatic N) is 2. The van der Waals surface area contributed by atoms with Crippen molar-refractivity contribution >= 4 is 21.6 Å². The number of hydrogen-bond acceptors (Lipinski definition) is 3. The highest BCUT2D eigenvalue weighted by molar-refractivity contribution is 7.18. The molecule has 0 aliphatic carbocycles. The van der Waals surface area contributed by atoms with Gasteiger partial charge in [-0.1, -0.05) is 12.1 Å². The van der Waals surface area contributed by atoms with Gasteiger partial charge in [0.2, 0.25) is 0 Å². The number of thiazole rings is 1. The average Bonchev–Trinajstić information content (AvgIpc) is 2.97. The molecule has 0 radical (unpaired) electrons. The minimum atomic E-state index is 0.637. The summed E-state index contributed by atoms with van der Waals surface area (Å²) >= 11 is 1.85. The zero-order chi connectivity index (χ0) is 11.7. The van der Waals surface area contributed by atoms with Crippen molar-refractivity contribution in [2.45, 2.75) is 32.2 Å². The van der Waals surface area contributed by atoms with E-state index in [1.165, 1.54) is 35.6 Å². The molecule has 1 aromatic carbocycles. The fourth-order valence-electron chi connectivity index (χ4n) is 2.57. The van der Waals surface area contributed by atoms with Crippen LogP contribution in [-0.4, -0.2) is 29.0 Å². The van der Waals surface area contributed by atoms with Crippen molar-refractivity contribution in [3.05, 3.63) is 29.3 Å². The average molecular weight is 246 g/mol. The highest BCUT2D eigenvalue weighted by atomic mass is 32.1. The Kier molecular flexibility index (Phi) is 3.12. The molecule has 2 heterocycles. The third kappa shape index (κ3) is 2.35. The van der Waals surface area contributed by atoms with Gasteiger partial charge in [0.1, 0.15) is 0 Å². The lowest BCUT2D eigenvalue weighted by molar-refractivity contribution is 0.257. The molecule has 1 aliphatic rings. The summed E-state index contributed by atoms with van der Waals surface area (Å²) < 4.78 is 1.32. The molecule has 2 aromatic rings. The van der Waals surface area contributed by atoms with Crippen molar-refractivity contribution in [1.82, 2.24) is 9.88 Å². The first-order chi connectivity index (χ1) is 8.33. The Morgan fingerprint density at radius 2 is 2.06 bits per heavy atom. The Morgan fingerprint density at radius 3 is 2.82 bits per heavy atom. The van der Waals surface area contributed by atoms with Crippen molar-refractivity contribution in [1.29, 1.82) is 0 Å². The molecule has 0 spiro atoms. The van der Waals surface area contributed by atoms with Crippen molar-refractivity contribution in [2.24, 2.45) is 0 Å². The molecule has 3 rings (SSSR count). The summed E-state index contributed by atoms with van der Waals surface area (Å²) in [5.41, 5.74) is 1.15. The van der Waals surface area contributed by atoms with E-state index in [-0.39, 0.29) is 0 Å². The fraction of sp³-hybridized carbons (Fsp3) is 0.500. The van der Waals surface area contributed by atoms with Gasteiger partial charge in [0.15, 0.2) is 0 Å². The third-order valence-corrected chi connectivity index (χ3v) is 4.63. The molecule has 1 atom stereocenters. The highest BCUT2D eigenvalue weighted by Crippen LogP contribution is 2.24. The van der Waals surface area contributed by atoms with E-state index in [0.717, 1.165) is 11.9 Å². The van der Waals surface area contributed by atoms with Crippen molar-refractivity contribution in [2.75, 3.05) is 13.1 Å². The second-order valence-corrected chi connectivity index (χ2v) is 5.99. The number of hydrogen-bond donors (Lipinski definition) is 0. The molecule has 1 unspecified atom stereocenters. The Hall–Kier alpha value is -0.930. The maximum absolute atomic E-state index is 4.72. The topological polar surface area (TPSA) is 16.1 Å². The van der Waals surface area contributed by atoms with Crippen molar-refractivity contribution < 1.29 is 0 Å². The second-order valence-electron chi connectivity index (χ2n) is 4.87. The Labute approximate surface area is 106 Å². The zero-order valence-corrected chi connectivity index (χ0v) is 11.0. The molecule has 1 aliphatic heterocycles. The SMILES string of the molecule is CC(Cc1nc2ccccc2s1)N1CCCC1. The maximum Gasteiger partial charge on any atom is 0.0954 e. The van der Waals surface area contributed by atoms with Crippen LogP contribution >= 0.6 is 11.3 Å². The van der Waals surface area contributed by atoms with Gasteiger partial charge >= 0.3 is 0 Å². The predicted molar refractivity (Wildman–Crippen MR) is 73.6 cm³/mol.